The summed E-state index contributed by atoms with van der Waals surface area (Å²) in [5.41, 5.74) is 0.334. The van der Waals surface area contributed by atoms with E-state index in [9.17, 15) is 19.5 Å². The second-order valence-electron chi connectivity index (χ2n) is 5.88. The van der Waals surface area contributed by atoms with Crippen molar-refractivity contribution in [3.05, 3.63) is 35.9 Å². The smallest absolute Gasteiger partial charge is 0.338 e. The topological polar surface area (TPSA) is 118 Å². The van der Waals surface area contributed by atoms with Gasteiger partial charge in [0.15, 0.2) is 18.5 Å². The van der Waals surface area contributed by atoms with Crippen molar-refractivity contribution in [1.29, 1.82) is 0 Å². The monoisotopic (exact) mass is 382 g/mol. The lowest BCUT2D eigenvalue weighted by Crippen LogP contribution is -2.61. The Labute approximate surface area is 156 Å². The average Bonchev–Trinajstić information content (AvgIpc) is 2.64. The molecular weight excluding hydrogens is 360 g/mol. The highest BCUT2D eigenvalue weighted by Crippen LogP contribution is 2.27. The highest BCUT2D eigenvalue weighted by Gasteiger charge is 2.50. The first-order valence-corrected chi connectivity index (χ1v) is 8.26. The van der Waals surface area contributed by atoms with Gasteiger partial charge in [-0.15, -0.1) is 0 Å². The molecule has 1 aliphatic heterocycles. The number of esters is 3. The summed E-state index contributed by atoms with van der Waals surface area (Å²) in [5, 5.41) is 10.5. The Hall–Kier alpha value is -2.49. The zero-order valence-electron chi connectivity index (χ0n) is 15.2. The molecule has 9 heteroatoms. The molecule has 148 valence electrons. The molecule has 0 bridgehead atoms. The maximum atomic E-state index is 12.1. The molecule has 0 radical (unpaired) electrons. The van der Waals surface area contributed by atoms with Gasteiger partial charge < -0.3 is 28.8 Å². The molecule has 1 saturated heterocycles. The van der Waals surface area contributed by atoms with Crippen molar-refractivity contribution >= 4 is 17.9 Å². The second-order valence-corrected chi connectivity index (χ2v) is 5.88. The highest BCUT2D eigenvalue weighted by atomic mass is 16.7. The van der Waals surface area contributed by atoms with Crippen LogP contribution in [0.25, 0.3) is 0 Å². The van der Waals surface area contributed by atoms with Crippen molar-refractivity contribution in [2.45, 2.75) is 44.6 Å². The third kappa shape index (κ3) is 5.49. The lowest BCUT2D eigenvalue weighted by Gasteiger charge is -2.42. The largest absolute Gasteiger partial charge is 0.459 e. The maximum Gasteiger partial charge on any atom is 0.338 e. The number of aliphatic hydroxyl groups is 1. The Bertz CT molecular complexity index is 660. The van der Waals surface area contributed by atoms with Crippen molar-refractivity contribution in [3.63, 3.8) is 0 Å². The number of ether oxygens (including phenoxy) is 5. The summed E-state index contributed by atoms with van der Waals surface area (Å²) < 4.78 is 26.1. The van der Waals surface area contributed by atoms with Gasteiger partial charge in [-0.1, -0.05) is 18.2 Å². The second kappa shape index (κ2) is 9.45. The van der Waals surface area contributed by atoms with Gasteiger partial charge in [-0.2, -0.15) is 0 Å². The van der Waals surface area contributed by atoms with Crippen LogP contribution in [0.5, 0.6) is 0 Å². The number of hydrogen-bond acceptors (Lipinski definition) is 9. The van der Waals surface area contributed by atoms with Crippen LogP contribution in [0.15, 0.2) is 30.3 Å². The van der Waals surface area contributed by atoms with Crippen LogP contribution in [0.2, 0.25) is 0 Å². The lowest BCUT2D eigenvalue weighted by atomic mass is 9.98. The van der Waals surface area contributed by atoms with Gasteiger partial charge in [0.05, 0.1) is 5.56 Å². The molecule has 27 heavy (non-hydrogen) atoms. The van der Waals surface area contributed by atoms with E-state index in [1.165, 1.54) is 7.11 Å². The van der Waals surface area contributed by atoms with Gasteiger partial charge in [0.2, 0.25) is 0 Å². The Morgan fingerprint density at radius 1 is 1.04 bits per heavy atom. The van der Waals surface area contributed by atoms with E-state index >= 15 is 0 Å². The molecule has 1 N–H and O–H groups in total. The Morgan fingerprint density at radius 2 is 1.63 bits per heavy atom. The van der Waals surface area contributed by atoms with E-state index in [4.69, 9.17) is 23.7 Å². The summed E-state index contributed by atoms with van der Waals surface area (Å²) in [6.07, 6.45) is -6.01. The van der Waals surface area contributed by atoms with Crippen LogP contribution in [0.4, 0.5) is 0 Å². The number of benzene rings is 1. The third-order valence-electron chi connectivity index (χ3n) is 3.84. The van der Waals surface area contributed by atoms with Gasteiger partial charge in [-0.05, 0) is 12.1 Å². The van der Waals surface area contributed by atoms with E-state index in [0.717, 1.165) is 13.8 Å². The molecule has 2 rings (SSSR count). The van der Waals surface area contributed by atoms with Crippen molar-refractivity contribution in [1.82, 2.24) is 0 Å². The first-order valence-electron chi connectivity index (χ1n) is 8.26. The van der Waals surface area contributed by atoms with Gasteiger partial charge in [-0.25, -0.2) is 4.79 Å². The summed E-state index contributed by atoms with van der Waals surface area (Å²) >= 11 is 0. The van der Waals surface area contributed by atoms with E-state index < -0.39 is 48.6 Å². The minimum Gasteiger partial charge on any atom is -0.459 e. The van der Waals surface area contributed by atoms with Crippen molar-refractivity contribution in [2.75, 3.05) is 13.7 Å². The molecular formula is C18H22O9. The fraction of sp³-hybridized carbons (Fsp3) is 0.500. The Kier molecular flexibility index (Phi) is 7.28. The summed E-state index contributed by atoms with van der Waals surface area (Å²) in [5.74, 6) is -1.96. The van der Waals surface area contributed by atoms with E-state index in [1.807, 2.05) is 0 Å². The molecule has 0 saturated carbocycles. The zero-order chi connectivity index (χ0) is 20.0. The number of hydrogen-bond donors (Lipinski definition) is 1. The SMILES string of the molecule is CO[C@H]1O[C@H](COC(=O)c2ccccc2)[C@H](O)[C@H](OC(C)=O)[C@H]1OC(C)=O. The minimum absolute atomic E-state index is 0.320. The van der Waals surface area contributed by atoms with Crippen LogP contribution in [0.1, 0.15) is 24.2 Å². The van der Waals surface area contributed by atoms with Gasteiger partial charge in [0.1, 0.15) is 18.8 Å². The number of aliphatic hydroxyl groups excluding tert-OH is 1. The Morgan fingerprint density at radius 3 is 2.19 bits per heavy atom. The van der Waals surface area contributed by atoms with Crippen LogP contribution in [0, 0.1) is 0 Å². The molecule has 0 aromatic heterocycles. The fourth-order valence-electron chi connectivity index (χ4n) is 2.68. The molecule has 0 amide bonds. The van der Waals surface area contributed by atoms with Crippen LogP contribution < -0.4 is 0 Å². The van der Waals surface area contributed by atoms with E-state index in [-0.39, 0.29) is 6.61 Å². The zero-order valence-corrected chi connectivity index (χ0v) is 15.2. The van der Waals surface area contributed by atoms with Gasteiger partial charge >= 0.3 is 17.9 Å². The van der Waals surface area contributed by atoms with Crippen molar-refractivity contribution in [3.8, 4) is 0 Å². The quantitative estimate of drug-likeness (QED) is 0.552. The number of rotatable bonds is 6. The normalized spacial score (nSPS) is 27.5. The standard InChI is InChI=1S/C18H22O9/c1-10(19)25-15-14(21)13(27-18(23-3)16(15)26-11(2)20)9-24-17(22)12-7-5-4-6-8-12/h4-8,13-16,18,21H,9H2,1-3H3/t13-,14+,15+,16-,18+/m1/s1. The first kappa shape index (κ1) is 20.8. The lowest BCUT2D eigenvalue weighted by molar-refractivity contribution is -0.299. The molecule has 5 atom stereocenters. The molecule has 9 nitrogen and oxygen atoms in total. The highest BCUT2D eigenvalue weighted by molar-refractivity contribution is 5.89. The third-order valence-corrected chi connectivity index (χ3v) is 3.84. The number of carbonyl (C=O) groups excluding carboxylic acids is 3. The molecule has 0 aliphatic carbocycles. The molecule has 1 fully saturated rings. The molecule has 0 unspecified atom stereocenters. The van der Waals surface area contributed by atoms with Crippen LogP contribution in [-0.2, 0) is 33.3 Å². The summed E-state index contributed by atoms with van der Waals surface area (Å²) in [4.78, 5) is 34.8. The van der Waals surface area contributed by atoms with Crippen molar-refractivity contribution in [2.24, 2.45) is 0 Å². The van der Waals surface area contributed by atoms with Crippen LogP contribution in [0.3, 0.4) is 0 Å². The molecule has 1 aliphatic rings. The first-order chi connectivity index (χ1) is 12.8. The van der Waals surface area contributed by atoms with Gasteiger partial charge in [-0.3, -0.25) is 9.59 Å². The summed E-state index contributed by atoms with van der Waals surface area (Å²) in [6.45, 7) is 2.00. The van der Waals surface area contributed by atoms with Gasteiger partial charge in [0, 0.05) is 21.0 Å². The minimum atomic E-state index is -1.41. The summed E-state index contributed by atoms with van der Waals surface area (Å²) in [6, 6.07) is 8.29. The van der Waals surface area contributed by atoms with Crippen LogP contribution in [-0.4, -0.2) is 67.4 Å². The predicted octanol–water partition coefficient (Wildman–Crippen LogP) is 0.439. The van der Waals surface area contributed by atoms with Crippen molar-refractivity contribution < 1.29 is 43.2 Å². The molecule has 1 aromatic carbocycles. The van der Waals surface area contributed by atoms with Crippen LogP contribution >= 0.6 is 0 Å². The fourth-order valence-corrected chi connectivity index (χ4v) is 2.68. The predicted molar refractivity (Wildman–Crippen MR) is 89.5 cm³/mol. The maximum absolute atomic E-state index is 12.1. The van der Waals surface area contributed by atoms with Gasteiger partial charge in [0.25, 0.3) is 0 Å². The van der Waals surface area contributed by atoms with E-state index in [0.29, 0.717) is 5.56 Å². The average molecular weight is 382 g/mol. The van der Waals surface area contributed by atoms with E-state index in [2.05, 4.69) is 0 Å². The Balaban J connectivity index is 2.11. The molecule has 1 heterocycles. The molecule has 1 aromatic rings. The van der Waals surface area contributed by atoms with E-state index in [1.54, 1.807) is 30.3 Å². The number of carbonyl (C=O) groups is 3. The molecule has 0 spiro atoms. The number of methoxy groups -OCH3 is 1. The summed E-state index contributed by atoms with van der Waals surface area (Å²) in [7, 11) is 1.30.